The van der Waals surface area contributed by atoms with Crippen LogP contribution in [0, 0.1) is 12.8 Å². The zero-order chi connectivity index (χ0) is 11.4. The maximum absolute atomic E-state index is 11.7. The molecule has 0 aliphatic carbocycles. The van der Waals surface area contributed by atoms with Crippen molar-refractivity contribution in [3.8, 4) is 0 Å². The van der Waals surface area contributed by atoms with Crippen LogP contribution in [0.5, 0.6) is 0 Å². The lowest BCUT2D eigenvalue weighted by molar-refractivity contribution is -0.119. The molecule has 0 saturated heterocycles. The molecule has 1 unspecified atom stereocenters. The van der Waals surface area contributed by atoms with E-state index in [0.717, 1.165) is 22.1 Å². The Balaban J connectivity index is 2.80. The number of hydrogen-bond acceptors (Lipinski definition) is 1. The van der Waals surface area contributed by atoms with Gasteiger partial charge in [-0.2, -0.15) is 0 Å². The maximum atomic E-state index is 11.7. The van der Waals surface area contributed by atoms with Gasteiger partial charge in [-0.25, -0.2) is 0 Å². The number of carbonyl (C=O) groups excluding carboxylic acids is 1. The molecule has 1 rings (SSSR count). The molecule has 82 valence electrons. The average Bonchev–Trinajstić information content (AvgIpc) is 2.22. The van der Waals surface area contributed by atoms with Crippen molar-refractivity contribution in [1.82, 2.24) is 0 Å². The summed E-state index contributed by atoms with van der Waals surface area (Å²) in [6.07, 6.45) is 0.860. The fraction of sp³-hybridized carbons (Fsp3) is 0.417. The Bertz CT molecular complexity index is 363. The number of halogens is 1. The third-order valence-corrected chi connectivity index (χ3v) is 3.01. The number of hydrogen-bond donors (Lipinski definition) is 1. The number of aryl methyl sites for hydroxylation is 1. The Kier molecular flexibility index (Phi) is 4.33. The van der Waals surface area contributed by atoms with Crippen LogP contribution in [0.25, 0.3) is 0 Å². The first kappa shape index (κ1) is 12.2. The molecule has 1 amide bonds. The third-order valence-electron chi connectivity index (χ3n) is 2.52. The van der Waals surface area contributed by atoms with Gasteiger partial charge in [-0.15, -0.1) is 0 Å². The molecule has 0 heterocycles. The SMILES string of the molecule is CCC(C)C(=O)Nc1cc(Br)ccc1C. The van der Waals surface area contributed by atoms with E-state index >= 15 is 0 Å². The highest BCUT2D eigenvalue weighted by Gasteiger charge is 2.11. The minimum Gasteiger partial charge on any atom is -0.326 e. The predicted molar refractivity (Wildman–Crippen MR) is 67.0 cm³/mol. The van der Waals surface area contributed by atoms with Crippen LogP contribution in [0.4, 0.5) is 5.69 Å². The van der Waals surface area contributed by atoms with Crippen LogP contribution >= 0.6 is 15.9 Å². The van der Waals surface area contributed by atoms with E-state index in [0.29, 0.717) is 0 Å². The van der Waals surface area contributed by atoms with Crippen LogP contribution in [0.2, 0.25) is 0 Å². The molecule has 0 aromatic heterocycles. The number of amides is 1. The molecule has 1 aromatic carbocycles. The van der Waals surface area contributed by atoms with E-state index in [4.69, 9.17) is 0 Å². The van der Waals surface area contributed by atoms with Crippen molar-refractivity contribution in [1.29, 1.82) is 0 Å². The number of anilines is 1. The van der Waals surface area contributed by atoms with Crippen LogP contribution in [0.1, 0.15) is 25.8 Å². The highest BCUT2D eigenvalue weighted by atomic mass is 79.9. The van der Waals surface area contributed by atoms with E-state index in [9.17, 15) is 4.79 Å². The fourth-order valence-corrected chi connectivity index (χ4v) is 1.53. The predicted octanol–water partition coefficient (Wildman–Crippen LogP) is 3.74. The van der Waals surface area contributed by atoms with Crippen molar-refractivity contribution in [2.75, 3.05) is 5.32 Å². The molecule has 15 heavy (non-hydrogen) atoms. The van der Waals surface area contributed by atoms with Crippen molar-refractivity contribution in [3.05, 3.63) is 28.2 Å². The summed E-state index contributed by atoms with van der Waals surface area (Å²) in [5.41, 5.74) is 1.96. The molecule has 0 saturated carbocycles. The molecule has 1 aromatic rings. The molecule has 0 bridgehead atoms. The summed E-state index contributed by atoms with van der Waals surface area (Å²) < 4.78 is 0.979. The first-order valence-corrected chi connectivity index (χ1v) is 5.91. The molecule has 0 spiro atoms. The van der Waals surface area contributed by atoms with Gasteiger partial charge in [0.2, 0.25) is 5.91 Å². The van der Waals surface area contributed by atoms with Crippen molar-refractivity contribution in [2.24, 2.45) is 5.92 Å². The topological polar surface area (TPSA) is 29.1 Å². The lowest BCUT2D eigenvalue weighted by Crippen LogP contribution is -2.20. The molecule has 1 N–H and O–H groups in total. The van der Waals surface area contributed by atoms with Crippen LogP contribution in [-0.4, -0.2) is 5.91 Å². The van der Waals surface area contributed by atoms with Crippen molar-refractivity contribution < 1.29 is 4.79 Å². The Morgan fingerprint density at radius 1 is 1.53 bits per heavy atom. The van der Waals surface area contributed by atoms with Gasteiger partial charge in [-0.3, -0.25) is 4.79 Å². The Morgan fingerprint density at radius 3 is 2.80 bits per heavy atom. The molecule has 0 aliphatic rings. The smallest absolute Gasteiger partial charge is 0.227 e. The van der Waals surface area contributed by atoms with E-state index in [1.54, 1.807) is 0 Å². The molecular weight excluding hydrogens is 254 g/mol. The second kappa shape index (κ2) is 5.31. The average molecular weight is 270 g/mol. The van der Waals surface area contributed by atoms with Crippen LogP contribution in [0.15, 0.2) is 22.7 Å². The van der Waals surface area contributed by atoms with Crippen LogP contribution in [0.3, 0.4) is 0 Å². The van der Waals surface area contributed by atoms with Gasteiger partial charge in [0.25, 0.3) is 0 Å². The normalized spacial score (nSPS) is 12.3. The third kappa shape index (κ3) is 3.34. The molecule has 0 fully saturated rings. The van der Waals surface area contributed by atoms with Crippen molar-refractivity contribution >= 4 is 27.5 Å². The second-order valence-corrected chi connectivity index (χ2v) is 4.67. The van der Waals surface area contributed by atoms with Crippen molar-refractivity contribution in [3.63, 3.8) is 0 Å². The van der Waals surface area contributed by atoms with Crippen molar-refractivity contribution in [2.45, 2.75) is 27.2 Å². The maximum Gasteiger partial charge on any atom is 0.227 e. The van der Waals surface area contributed by atoms with Gasteiger partial charge in [0, 0.05) is 16.1 Å². The minimum absolute atomic E-state index is 0.0587. The summed E-state index contributed by atoms with van der Waals surface area (Å²) in [4.78, 5) is 11.7. The van der Waals surface area contributed by atoms with Gasteiger partial charge in [-0.05, 0) is 31.0 Å². The Morgan fingerprint density at radius 2 is 2.20 bits per heavy atom. The van der Waals surface area contributed by atoms with E-state index in [-0.39, 0.29) is 11.8 Å². The molecule has 0 aliphatic heterocycles. The Labute approximate surface area is 99.2 Å². The summed E-state index contributed by atoms with van der Waals surface area (Å²) in [5, 5.41) is 2.93. The van der Waals surface area contributed by atoms with E-state index in [1.165, 1.54) is 0 Å². The lowest BCUT2D eigenvalue weighted by Gasteiger charge is -2.12. The van der Waals surface area contributed by atoms with Gasteiger partial charge in [0.05, 0.1) is 0 Å². The van der Waals surface area contributed by atoms with E-state index in [2.05, 4.69) is 21.2 Å². The number of nitrogens with one attached hydrogen (secondary N) is 1. The van der Waals surface area contributed by atoms with Crippen LogP contribution in [-0.2, 0) is 4.79 Å². The quantitative estimate of drug-likeness (QED) is 0.890. The van der Waals surface area contributed by atoms with Crippen LogP contribution < -0.4 is 5.32 Å². The van der Waals surface area contributed by atoms with Gasteiger partial charge < -0.3 is 5.32 Å². The Hall–Kier alpha value is -0.830. The summed E-state index contributed by atoms with van der Waals surface area (Å²) in [6.45, 7) is 5.93. The first-order chi connectivity index (χ1) is 7.04. The zero-order valence-electron chi connectivity index (χ0n) is 9.30. The molecule has 3 heteroatoms. The van der Waals surface area contributed by atoms with E-state index < -0.39 is 0 Å². The van der Waals surface area contributed by atoms with Gasteiger partial charge >= 0.3 is 0 Å². The monoisotopic (exact) mass is 269 g/mol. The van der Waals surface area contributed by atoms with E-state index in [1.807, 2.05) is 39.0 Å². The summed E-state index contributed by atoms with van der Waals surface area (Å²) in [7, 11) is 0. The van der Waals surface area contributed by atoms with Gasteiger partial charge in [0.15, 0.2) is 0 Å². The number of carbonyl (C=O) groups is 1. The highest BCUT2D eigenvalue weighted by molar-refractivity contribution is 9.10. The largest absolute Gasteiger partial charge is 0.326 e. The fourth-order valence-electron chi connectivity index (χ4n) is 1.17. The highest BCUT2D eigenvalue weighted by Crippen LogP contribution is 2.21. The summed E-state index contributed by atoms with van der Waals surface area (Å²) in [6, 6.07) is 5.88. The standard InChI is InChI=1S/C12H16BrNO/c1-4-8(2)12(15)14-11-7-10(13)6-5-9(11)3/h5-8H,4H2,1-3H3,(H,14,15). The number of benzene rings is 1. The molecule has 2 nitrogen and oxygen atoms in total. The molecule has 0 radical (unpaired) electrons. The lowest BCUT2D eigenvalue weighted by atomic mass is 10.1. The summed E-state index contributed by atoms with van der Waals surface area (Å²) in [5.74, 6) is 0.141. The summed E-state index contributed by atoms with van der Waals surface area (Å²) >= 11 is 3.39. The molecule has 1 atom stereocenters. The molecular formula is C12H16BrNO. The van der Waals surface area contributed by atoms with Gasteiger partial charge in [-0.1, -0.05) is 35.8 Å². The van der Waals surface area contributed by atoms with Gasteiger partial charge in [0.1, 0.15) is 0 Å². The second-order valence-electron chi connectivity index (χ2n) is 3.76. The first-order valence-electron chi connectivity index (χ1n) is 5.11. The zero-order valence-corrected chi connectivity index (χ0v) is 10.9. The minimum atomic E-state index is 0.0587. The number of rotatable bonds is 3.